The number of ether oxygens (including phenoxy) is 1. The van der Waals surface area contributed by atoms with Crippen molar-refractivity contribution in [1.29, 1.82) is 0 Å². The number of nitrogens with one attached hydrogen (secondary N) is 1. The molecule has 2 saturated heterocycles. The highest BCUT2D eigenvalue weighted by atomic mass is 16.5. The summed E-state index contributed by atoms with van der Waals surface area (Å²) in [4.78, 5) is 31.5. The first-order valence-corrected chi connectivity index (χ1v) is 12.0. The summed E-state index contributed by atoms with van der Waals surface area (Å²) in [6.45, 7) is 9.54. The zero-order valence-corrected chi connectivity index (χ0v) is 19.4. The molecular weight excluding hydrogens is 416 g/mol. The van der Waals surface area contributed by atoms with Gasteiger partial charge >= 0.3 is 0 Å². The van der Waals surface area contributed by atoms with E-state index in [2.05, 4.69) is 45.4 Å². The third-order valence-corrected chi connectivity index (χ3v) is 6.31. The molecule has 0 aliphatic carbocycles. The highest BCUT2D eigenvalue weighted by Crippen LogP contribution is 2.25. The summed E-state index contributed by atoms with van der Waals surface area (Å²) >= 11 is 0. The van der Waals surface area contributed by atoms with Crippen LogP contribution in [0.15, 0.2) is 54.6 Å². The Morgan fingerprint density at radius 1 is 0.939 bits per heavy atom. The van der Waals surface area contributed by atoms with Crippen molar-refractivity contribution in [3.63, 3.8) is 0 Å². The monoisotopic (exact) mass is 450 g/mol. The molecule has 0 radical (unpaired) electrons. The molecule has 176 valence electrons. The molecule has 2 heterocycles. The lowest BCUT2D eigenvalue weighted by molar-refractivity contribution is -0.121. The first-order valence-electron chi connectivity index (χ1n) is 12.0. The summed E-state index contributed by atoms with van der Waals surface area (Å²) < 4.78 is 5.44. The molecule has 4 rings (SSSR count). The van der Waals surface area contributed by atoms with Crippen LogP contribution in [-0.4, -0.2) is 73.5 Å². The van der Waals surface area contributed by atoms with E-state index in [1.165, 1.54) is 10.5 Å². The van der Waals surface area contributed by atoms with Crippen molar-refractivity contribution in [2.24, 2.45) is 0 Å². The van der Waals surface area contributed by atoms with Gasteiger partial charge in [-0.05, 0) is 56.3 Å². The zero-order chi connectivity index (χ0) is 23.0. The predicted octanol–water partition coefficient (Wildman–Crippen LogP) is 2.51. The number of nitrogens with zero attached hydrogens (tertiary/aromatic N) is 3. The Morgan fingerprint density at radius 2 is 1.64 bits per heavy atom. The largest absolute Gasteiger partial charge is 0.494 e. The highest BCUT2D eigenvalue weighted by Gasteiger charge is 2.39. The van der Waals surface area contributed by atoms with Gasteiger partial charge in [0.05, 0.1) is 24.8 Å². The molecule has 2 fully saturated rings. The van der Waals surface area contributed by atoms with Crippen LogP contribution < -0.4 is 15.0 Å². The van der Waals surface area contributed by atoms with Crippen LogP contribution in [0.4, 0.5) is 5.69 Å². The van der Waals surface area contributed by atoms with Crippen molar-refractivity contribution in [2.75, 3.05) is 50.8 Å². The van der Waals surface area contributed by atoms with E-state index in [1.54, 1.807) is 24.3 Å². The van der Waals surface area contributed by atoms with Crippen LogP contribution in [0.3, 0.4) is 0 Å². The first kappa shape index (κ1) is 23.4. The van der Waals surface area contributed by atoms with Crippen LogP contribution in [0.5, 0.6) is 5.75 Å². The number of carbonyl (C=O) groups is 2. The summed E-state index contributed by atoms with van der Waals surface area (Å²) in [7, 11) is 0. The second-order valence-electron chi connectivity index (χ2n) is 8.66. The van der Waals surface area contributed by atoms with Crippen LogP contribution in [0.1, 0.15) is 25.3 Å². The van der Waals surface area contributed by atoms with Gasteiger partial charge in [-0.3, -0.25) is 14.5 Å². The number of amides is 2. The average molecular weight is 451 g/mol. The summed E-state index contributed by atoms with van der Waals surface area (Å²) in [6, 6.07) is 17.3. The Hall–Kier alpha value is -2.74. The van der Waals surface area contributed by atoms with Crippen molar-refractivity contribution in [2.45, 2.75) is 32.4 Å². The molecule has 1 atom stereocenters. The van der Waals surface area contributed by atoms with Crippen LogP contribution >= 0.6 is 0 Å². The summed E-state index contributed by atoms with van der Waals surface area (Å²) in [5, 5.41) is 3.30. The fourth-order valence-electron chi connectivity index (χ4n) is 4.51. The maximum atomic E-state index is 12.8. The van der Waals surface area contributed by atoms with Gasteiger partial charge in [0.25, 0.3) is 5.91 Å². The van der Waals surface area contributed by atoms with Crippen LogP contribution in [0, 0.1) is 0 Å². The van der Waals surface area contributed by atoms with Gasteiger partial charge in [0, 0.05) is 32.7 Å². The number of piperazine rings is 1. The van der Waals surface area contributed by atoms with Gasteiger partial charge in [-0.25, -0.2) is 4.90 Å². The van der Waals surface area contributed by atoms with Crippen molar-refractivity contribution in [3.05, 3.63) is 60.2 Å². The maximum Gasteiger partial charge on any atom is 0.251 e. The molecular formula is C26H34N4O3. The minimum atomic E-state index is -0.438. The summed E-state index contributed by atoms with van der Waals surface area (Å²) in [6.07, 6.45) is 1.17. The van der Waals surface area contributed by atoms with E-state index in [0.29, 0.717) is 12.3 Å². The number of imide groups is 1. The van der Waals surface area contributed by atoms with E-state index >= 15 is 0 Å². The van der Waals surface area contributed by atoms with Gasteiger partial charge in [0.15, 0.2) is 0 Å². The number of rotatable bonds is 10. The lowest BCUT2D eigenvalue weighted by Crippen LogP contribution is -2.46. The van der Waals surface area contributed by atoms with Gasteiger partial charge in [-0.15, -0.1) is 0 Å². The van der Waals surface area contributed by atoms with Gasteiger partial charge < -0.3 is 15.0 Å². The molecule has 2 aromatic carbocycles. The van der Waals surface area contributed by atoms with Gasteiger partial charge in [-0.1, -0.05) is 30.3 Å². The van der Waals surface area contributed by atoms with Crippen molar-refractivity contribution < 1.29 is 14.3 Å². The summed E-state index contributed by atoms with van der Waals surface area (Å²) in [5.74, 6) is 0.408. The Morgan fingerprint density at radius 3 is 2.33 bits per heavy atom. The minimum absolute atomic E-state index is 0.156. The maximum absolute atomic E-state index is 12.8. The van der Waals surface area contributed by atoms with E-state index in [0.717, 1.165) is 58.0 Å². The van der Waals surface area contributed by atoms with E-state index in [1.807, 2.05) is 6.92 Å². The second-order valence-corrected chi connectivity index (χ2v) is 8.66. The first-order chi connectivity index (χ1) is 16.1. The summed E-state index contributed by atoms with van der Waals surface area (Å²) in [5.41, 5.74) is 1.97. The molecule has 2 aliphatic rings. The molecule has 0 saturated carbocycles. The van der Waals surface area contributed by atoms with E-state index in [4.69, 9.17) is 4.74 Å². The fraction of sp³-hybridized carbons (Fsp3) is 0.462. The Kier molecular flexibility index (Phi) is 8.10. The van der Waals surface area contributed by atoms with Crippen LogP contribution in [0.2, 0.25) is 0 Å². The molecule has 1 N–H and O–H groups in total. The van der Waals surface area contributed by atoms with Gasteiger partial charge in [-0.2, -0.15) is 0 Å². The molecule has 0 aromatic heterocycles. The SMILES string of the molecule is CCOc1ccc(N2C(=O)CC(NCCCN3CCN(Cc4ccccc4)CC3)C2=O)cc1. The van der Waals surface area contributed by atoms with Gasteiger partial charge in [0.2, 0.25) is 5.91 Å². The number of hydrogen-bond acceptors (Lipinski definition) is 6. The van der Waals surface area contributed by atoms with E-state index in [9.17, 15) is 9.59 Å². The lowest BCUT2D eigenvalue weighted by atomic mass is 10.2. The zero-order valence-electron chi connectivity index (χ0n) is 19.4. The third kappa shape index (κ3) is 6.19. The molecule has 2 aromatic rings. The predicted molar refractivity (Wildman–Crippen MR) is 129 cm³/mol. The van der Waals surface area contributed by atoms with E-state index in [-0.39, 0.29) is 18.2 Å². The topological polar surface area (TPSA) is 65.1 Å². The normalized spacial score (nSPS) is 19.9. The molecule has 7 heteroatoms. The highest BCUT2D eigenvalue weighted by molar-refractivity contribution is 6.22. The Balaban J connectivity index is 1.16. The van der Waals surface area contributed by atoms with Gasteiger partial charge in [0.1, 0.15) is 5.75 Å². The smallest absolute Gasteiger partial charge is 0.251 e. The average Bonchev–Trinajstić information content (AvgIpc) is 3.12. The number of anilines is 1. The lowest BCUT2D eigenvalue weighted by Gasteiger charge is -2.34. The standard InChI is InChI=1S/C26H34N4O3/c1-2-33-23-11-9-22(10-12-23)30-25(31)19-24(26(30)32)27-13-6-14-28-15-17-29(18-16-28)20-21-7-4-3-5-8-21/h3-5,7-12,24,27H,2,6,13-20H2,1H3. The molecule has 2 aliphatic heterocycles. The Labute approximate surface area is 196 Å². The quantitative estimate of drug-likeness (QED) is 0.443. The molecule has 33 heavy (non-hydrogen) atoms. The Bertz CT molecular complexity index is 911. The minimum Gasteiger partial charge on any atom is -0.494 e. The molecule has 1 unspecified atom stereocenters. The molecule has 7 nitrogen and oxygen atoms in total. The second kappa shape index (κ2) is 11.4. The molecule has 2 amide bonds. The van der Waals surface area contributed by atoms with Crippen molar-refractivity contribution >= 4 is 17.5 Å². The number of carbonyl (C=O) groups excluding carboxylic acids is 2. The molecule has 0 spiro atoms. The molecule has 0 bridgehead atoms. The van der Waals surface area contributed by atoms with E-state index < -0.39 is 6.04 Å². The fourth-order valence-corrected chi connectivity index (χ4v) is 4.51. The number of hydrogen-bond donors (Lipinski definition) is 1. The van der Waals surface area contributed by atoms with Crippen molar-refractivity contribution in [1.82, 2.24) is 15.1 Å². The van der Waals surface area contributed by atoms with Crippen molar-refractivity contribution in [3.8, 4) is 5.75 Å². The van der Waals surface area contributed by atoms with Crippen LogP contribution in [0.25, 0.3) is 0 Å². The number of benzene rings is 2. The van der Waals surface area contributed by atoms with Crippen LogP contribution in [-0.2, 0) is 16.1 Å². The third-order valence-electron chi connectivity index (χ3n) is 6.31.